The second kappa shape index (κ2) is 9.54. The van der Waals surface area contributed by atoms with Crippen molar-refractivity contribution < 1.29 is 28.2 Å². The first kappa shape index (κ1) is 20.1. The minimum absolute atomic E-state index is 0.102. The van der Waals surface area contributed by atoms with E-state index in [2.05, 4.69) is 0 Å². The molecule has 0 bridgehead atoms. The molecule has 1 fully saturated rings. The minimum Gasteiger partial charge on any atom is -0.494 e. The highest BCUT2D eigenvalue weighted by Gasteiger charge is 2.43. The van der Waals surface area contributed by atoms with Crippen LogP contribution in [0.25, 0.3) is 0 Å². The molecule has 0 unspecified atom stereocenters. The maximum atomic E-state index is 12.5. The fraction of sp³-hybridized carbons (Fsp3) is 0.400. The molecule has 0 aliphatic carbocycles. The van der Waals surface area contributed by atoms with E-state index < -0.39 is 12.0 Å². The summed E-state index contributed by atoms with van der Waals surface area (Å²) in [7, 11) is 0. The Hall–Kier alpha value is -2.61. The number of benzene rings is 1. The van der Waals surface area contributed by atoms with E-state index in [1.165, 1.54) is 23.6 Å². The van der Waals surface area contributed by atoms with Crippen molar-refractivity contribution in [1.29, 1.82) is 0 Å². The summed E-state index contributed by atoms with van der Waals surface area (Å²) in [4.78, 5) is 26.1. The maximum absolute atomic E-state index is 12.5. The fourth-order valence-electron chi connectivity index (χ4n) is 2.92. The van der Waals surface area contributed by atoms with Gasteiger partial charge in [-0.2, -0.15) is 0 Å². The number of hydrogen-bond acceptors (Lipinski definition) is 7. The summed E-state index contributed by atoms with van der Waals surface area (Å²) in [5, 5.41) is -0.315. The molecule has 1 amide bonds. The van der Waals surface area contributed by atoms with Gasteiger partial charge in [0.05, 0.1) is 12.9 Å². The lowest BCUT2D eigenvalue weighted by molar-refractivity contribution is -0.154. The van der Waals surface area contributed by atoms with Crippen LogP contribution in [0.15, 0.2) is 47.1 Å². The zero-order valence-corrected chi connectivity index (χ0v) is 16.6. The molecule has 2 atom stereocenters. The van der Waals surface area contributed by atoms with Gasteiger partial charge < -0.3 is 23.5 Å². The van der Waals surface area contributed by atoms with Gasteiger partial charge in [-0.25, -0.2) is 4.79 Å². The topological polar surface area (TPSA) is 78.2 Å². The van der Waals surface area contributed by atoms with Gasteiger partial charge >= 0.3 is 5.97 Å². The van der Waals surface area contributed by atoms with Crippen LogP contribution < -0.4 is 9.47 Å². The van der Waals surface area contributed by atoms with E-state index in [1.807, 2.05) is 19.1 Å². The lowest BCUT2D eigenvalue weighted by atomic mass is 10.2. The highest BCUT2D eigenvalue weighted by molar-refractivity contribution is 7.99. The fourth-order valence-corrected chi connectivity index (χ4v) is 4.34. The monoisotopic (exact) mass is 405 g/mol. The molecule has 0 spiro atoms. The van der Waals surface area contributed by atoms with Crippen LogP contribution in [-0.2, 0) is 14.3 Å². The number of carbonyl (C=O) groups is 2. The molecule has 1 aliphatic rings. The van der Waals surface area contributed by atoms with Gasteiger partial charge in [0.25, 0.3) is 0 Å². The number of hydrogen-bond donors (Lipinski definition) is 0. The first-order chi connectivity index (χ1) is 13.6. The number of esters is 1. The average Bonchev–Trinajstić information content (AvgIpc) is 3.35. The molecule has 0 N–H and O–H groups in total. The summed E-state index contributed by atoms with van der Waals surface area (Å²) in [5.41, 5.74) is 0. The first-order valence-electron chi connectivity index (χ1n) is 9.06. The highest BCUT2D eigenvalue weighted by atomic mass is 32.2. The zero-order chi connectivity index (χ0) is 19.9. The molecule has 1 aromatic heterocycles. The number of ether oxygens (including phenoxy) is 3. The molecule has 8 heteroatoms. The molecule has 28 heavy (non-hydrogen) atoms. The number of nitrogens with zero attached hydrogens (tertiary/aromatic N) is 1. The molecule has 0 radical (unpaired) electrons. The quantitative estimate of drug-likeness (QED) is 0.493. The average molecular weight is 405 g/mol. The highest BCUT2D eigenvalue weighted by Crippen LogP contribution is 2.41. The normalized spacial score (nSPS) is 18.7. The molecule has 0 saturated carbocycles. The van der Waals surface area contributed by atoms with Gasteiger partial charge in [0.15, 0.2) is 0 Å². The number of carbonyl (C=O) groups excluding carboxylic acids is 2. The summed E-state index contributed by atoms with van der Waals surface area (Å²) < 4.78 is 21.7. The van der Waals surface area contributed by atoms with Crippen molar-refractivity contribution in [2.45, 2.75) is 25.3 Å². The van der Waals surface area contributed by atoms with Gasteiger partial charge in [-0.15, -0.1) is 11.8 Å². The van der Waals surface area contributed by atoms with E-state index in [0.29, 0.717) is 23.9 Å². The Morgan fingerprint density at radius 1 is 1.14 bits per heavy atom. The Kier molecular flexibility index (Phi) is 6.86. The zero-order valence-electron chi connectivity index (χ0n) is 15.8. The van der Waals surface area contributed by atoms with E-state index in [9.17, 15) is 9.59 Å². The van der Waals surface area contributed by atoms with Crippen LogP contribution in [0, 0.1) is 0 Å². The van der Waals surface area contributed by atoms with Crippen LogP contribution in [0.3, 0.4) is 0 Å². The summed E-state index contributed by atoms with van der Waals surface area (Å²) in [6.45, 7) is 4.29. The van der Waals surface area contributed by atoms with Crippen LogP contribution >= 0.6 is 11.8 Å². The third kappa shape index (κ3) is 4.81. The maximum Gasteiger partial charge on any atom is 0.329 e. The third-order valence-electron chi connectivity index (χ3n) is 4.15. The Balaban J connectivity index is 1.48. The van der Waals surface area contributed by atoms with Crippen molar-refractivity contribution in [3.8, 4) is 11.5 Å². The SMILES string of the molecule is CCOc1ccc(OCCOC(=O)[C@H]2CS[C@H](c3ccco3)N2C(C)=O)cc1. The van der Waals surface area contributed by atoms with Crippen LogP contribution in [0.2, 0.25) is 0 Å². The Morgan fingerprint density at radius 2 is 1.86 bits per heavy atom. The van der Waals surface area contributed by atoms with Crippen molar-refractivity contribution in [3.05, 3.63) is 48.4 Å². The third-order valence-corrected chi connectivity index (χ3v) is 5.44. The summed E-state index contributed by atoms with van der Waals surface area (Å²) in [5.74, 6) is 1.92. The number of furan rings is 1. The summed E-state index contributed by atoms with van der Waals surface area (Å²) in [6, 6.07) is 10.2. The molecule has 1 aliphatic heterocycles. The van der Waals surface area contributed by atoms with Gasteiger partial charge in [0.2, 0.25) is 5.91 Å². The second-order valence-corrected chi connectivity index (χ2v) is 7.18. The van der Waals surface area contributed by atoms with Crippen LogP contribution in [0.4, 0.5) is 0 Å². The number of thioether (sulfide) groups is 1. The molecule has 3 rings (SSSR count). The van der Waals surface area contributed by atoms with Gasteiger partial charge in [0.1, 0.15) is 41.9 Å². The molecule has 7 nitrogen and oxygen atoms in total. The summed E-state index contributed by atoms with van der Waals surface area (Å²) in [6.07, 6.45) is 1.55. The molecule has 2 aromatic rings. The lowest BCUT2D eigenvalue weighted by Crippen LogP contribution is -2.43. The molecular weight excluding hydrogens is 382 g/mol. The second-order valence-electron chi connectivity index (χ2n) is 6.06. The van der Waals surface area contributed by atoms with E-state index in [4.69, 9.17) is 18.6 Å². The Bertz CT molecular complexity index is 777. The first-order valence-corrected chi connectivity index (χ1v) is 10.1. The standard InChI is InChI=1S/C20H23NO6S/c1-3-24-15-6-8-16(9-7-15)25-11-12-27-20(23)17-13-28-19(21(17)14(2)22)18-5-4-10-26-18/h4-10,17,19H,3,11-13H2,1-2H3/t17-,19-/m1/s1. The molecule has 1 aromatic carbocycles. The van der Waals surface area contributed by atoms with Crippen molar-refractivity contribution >= 4 is 23.6 Å². The molecule has 150 valence electrons. The largest absolute Gasteiger partial charge is 0.494 e. The summed E-state index contributed by atoms with van der Waals surface area (Å²) >= 11 is 1.48. The van der Waals surface area contributed by atoms with Gasteiger partial charge in [-0.05, 0) is 43.3 Å². The van der Waals surface area contributed by atoms with Gasteiger partial charge in [0, 0.05) is 12.7 Å². The Morgan fingerprint density at radius 3 is 2.46 bits per heavy atom. The predicted molar refractivity (Wildman–Crippen MR) is 104 cm³/mol. The number of amides is 1. The number of rotatable bonds is 8. The molecule has 1 saturated heterocycles. The van der Waals surface area contributed by atoms with Crippen LogP contribution in [-0.4, -0.2) is 48.4 Å². The van der Waals surface area contributed by atoms with Gasteiger partial charge in [-0.3, -0.25) is 4.79 Å². The molecular formula is C20H23NO6S. The van der Waals surface area contributed by atoms with E-state index in [0.717, 1.165) is 5.75 Å². The van der Waals surface area contributed by atoms with Crippen molar-refractivity contribution in [2.75, 3.05) is 25.6 Å². The van der Waals surface area contributed by atoms with Crippen LogP contribution in [0.5, 0.6) is 11.5 Å². The van der Waals surface area contributed by atoms with Crippen LogP contribution in [0.1, 0.15) is 25.0 Å². The van der Waals surface area contributed by atoms with Crippen molar-refractivity contribution in [2.24, 2.45) is 0 Å². The predicted octanol–water partition coefficient (Wildman–Crippen LogP) is 3.26. The van der Waals surface area contributed by atoms with Crippen molar-refractivity contribution in [1.82, 2.24) is 4.90 Å². The minimum atomic E-state index is -0.636. The molecule has 2 heterocycles. The van der Waals surface area contributed by atoms with E-state index in [1.54, 1.807) is 30.5 Å². The Labute approximate surface area is 167 Å². The van der Waals surface area contributed by atoms with Crippen molar-refractivity contribution in [3.63, 3.8) is 0 Å². The van der Waals surface area contributed by atoms with Gasteiger partial charge in [-0.1, -0.05) is 0 Å². The smallest absolute Gasteiger partial charge is 0.329 e. The lowest BCUT2D eigenvalue weighted by Gasteiger charge is -2.25. The van der Waals surface area contributed by atoms with E-state index in [-0.39, 0.29) is 24.5 Å². The van der Waals surface area contributed by atoms with E-state index >= 15 is 0 Å².